The Hall–Kier alpha value is -2.13. The van der Waals surface area contributed by atoms with Crippen molar-refractivity contribution in [2.45, 2.75) is 116 Å². The zero-order valence-electron chi connectivity index (χ0n) is 26.0. The second-order valence-electron chi connectivity index (χ2n) is 15.3. The number of nitrogens with one attached hydrogen (secondary N) is 2. The van der Waals surface area contributed by atoms with Crippen molar-refractivity contribution in [2.24, 2.45) is 40.9 Å². The largest absolute Gasteiger partial charge is 0.369 e. The summed E-state index contributed by atoms with van der Waals surface area (Å²) in [5.74, 6) is 4.81. The number of nitrogens with zero attached hydrogens (tertiary/aromatic N) is 4. The lowest BCUT2D eigenvalue weighted by Crippen LogP contribution is -2.53. The summed E-state index contributed by atoms with van der Waals surface area (Å²) in [6.45, 7) is 12.3. The minimum Gasteiger partial charge on any atom is -0.369 e. The number of hydrogen-bond donors (Lipinski definition) is 2. The normalized spacial score (nSPS) is 43.5. The minimum atomic E-state index is -0.0878. The highest BCUT2D eigenvalue weighted by molar-refractivity contribution is 5.79. The van der Waals surface area contributed by atoms with Gasteiger partial charge in [0.1, 0.15) is 5.78 Å². The standard InChI is InChI=1S/C33H50N6O3/c1-19-13-28-31(39(18-19)12-11-34-30(41)16-29-35-37-38-36-29)21(3)33(42-28)10-8-24-25-6-5-22-14-23(40)7-9-32(22,4)27(25)15-26(24)20(2)17-33/h19,21-22,24-25,27-28,31H,5-18H2,1-4H3,(H,34,41)(H,35,36,37,38)/t19-,21+,22+,24-,25-,27-,28+,31?,32-,33-/m0/s1. The van der Waals surface area contributed by atoms with Gasteiger partial charge in [0.15, 0.2) is 5.82 Å². The number of Topliss-reactive ketones (excluding diaryl/α,β-unsaturated/α-hetero) is 1. The average molecular weight is 579 g/mol. The summed E-state index contributed by atoms with van der Waals surface area (Å²) in [6, 6.07) is 0.397. The second kappa shape index (κ2) is 10.8. The Labute approximate surface area is 250 Å². The Balaban J connectivity index is 1.05. The zero-order valence-corrected chi connectivity index (χ0v) is 26.0. The molecule has 1 spiro atoms. The molecule has 7 rings (SSSR count). The fourth-order valence-corrected chi connectivity index (χ4v) is 11.0. The maximum absolute atomic E-state index is 12.4. The first-order chi connectivity index (χ1) is 20.2. The molecule has 9 nitrogen and oxygen atoms in total. The molecule has 1 unspecified atom stereocenters. The van der Waals surface area contributed by atoms with Crippen LogP contribution < -0.4 is 5.32 Å². The first kappa shape index (κ1) is 28.6. The van der Waals surface area contributed by atoms with Gasteiger partial charge in [0, 0.05) is 44.4 Å². The quantitative estimate of drug-likeness (QED) is 0.502. The maximum atomic E-state index is 12.4. The monoisotopic (exact) mass is 578 g/mol. The number of hydrogen-bond acceptors (Lipinski definition) is 7. The lowest BCUT2D eigenvalue weighted by atomic mass is 9.52. The van der Waals surface area contributed by atoms with Gasteiger partial charge < -0.3 is 10.1 Å². The van der Waals surface area contributed by atoms with Crippen LogP contribution >= 0.6 is 0 Å². The van der Waals surface area contributed by atoms with E-state index in [-0.39, 0.29) is 24.0 Å². The number of aromatic nitrogens is 4. The molecule has 0 radical (unpaired) electrons. The van der Waals surface area contributed by atoms with Gasteiger partial charge in [-0.25, -0.2) is 5.10 Å². The van der Waals surface area contributed by atoms with Crippen LogP contribution in [0.25, 0.3) is 0 Å². The number of allylic oxidation sites excluding steroid dienone is 1. The van der Waals surface area contributed by atoms with Gasteiger partial charge in [-0.05, 0) is 104 Å². The zero-order chi connectivity index (χ0) is 29.2. The highest BCUT2D eigenvalue weighted by atomic mass is 16.5. The smallest absolute Gasteiger partial charge is 0.227 e. The van der Waals surface area contributed by atoms with Crippen molar-refractivity contribution in [3.8, 4) is 0 Å². The molecule has 6 aliphatic rings. The van der Waals surface area contributed by atoms with Crippen LogP contribution in [0.4, 0.5) is 0 Å². The summed E-state index contributed by atoms with van der Waals surface area (Å²) in [6.07, 6.45) is 11.6. The van der Waals surface area contributed by atoms with Crippen LogP contribution in [0, 0.1) is 40.9 Å². The van der Waals surface area contributed by atoms with Crippen molar-refractivity contribution < 1.29 is 14.3 Å². The molecular formula is C33H50N6O3. The van der Waals surface area contributed by atoms with Crippen LogP contribution in [0.3, 0.4) is 0 Å². The maximum Gasteiger partial charge on any atom is 0.227 e. The lowest BCUT2D eigenvalue weighted by Gasteiger charge is -2.52. The average Bonchev–Trinajstić information content (AvgIpc) is 3.63. The van der Waals surface area contributed by atoms with Gasteiger partial charge >= 0.3 is 0 Å². The Morgan fingerprint density at radius 1 is 1.19 bits per heavy atom. The topological polar surface area (TPSA) is 113 Å². The number of ether oxygens (including phenoxy) is 1. The summed E-state index contributed by atoms with van der Waals surface area (Å²) < 4.78 is 7.25. The van der Waals surface area contributed by atoms with Crippen molar-refractivity contribution in [1.82, 2.24) is 30.8 Å². The van der Waals surface area contributed by atoms with E-state index in [0.29, 0.717) is 53.3 Å². The molecule has 3 saturated carbocycles. The van der Waals surface area contributed by atoms with Crippen LogP contribution in [0.15, 0.2) is 11.1 Å². The molecule has 1 aromatic rings. The highest BCUT2D eigenvalue weighted by Gasteiger charge is 2.60. The fraction of sp³-hybridized carbons (Fsp3) is 0.848. The molecule has 0 aromatic carbocycles. The highest BCUT2D eigenvalue weighted by Crippen LogP contribution is 2.65. The van der Waals surface area contributed by atoms with Crippen LogP contribution in [0.5, 0.6) is 0 Å². The number of rotatable bonds is 5. The Morgan fingerprint density at radius 3 is 2.86 bits per heavy atom. The third kappa shape index (κ3) is 4.77. The molecular weight excluding hydrogens is 528 g/mol. The SMILES string of the molecule is CC1=C2C[C@H]3[C@@H](CC[C@@H]4CC(=O)CC[C@@]43C)[C@@H]2CC[C@@]2(C1)O[C@@H]1C[C@H](C)CN(CCNC(=O)Cc3nnn[nH]3)C1[C@H]2C. The molecule has 2 saturated heterocycles. The summed E-state index contributed by atoms with van der Waals surface area (Å²) >= 11 is 0. The molecule has 3 heterocycles. The van der Waals surface area contributed by atoms with Gasteiger partial charge in [0.05, 0.1) is 18.1 Å². The molecule has 10 atom stereocenters. The molecule has 42 heavy (non-hydrogen) atoms. The van der Waals surface area contributed by atoms with Crippen molar-refractivity contribution in [3.63, 3.8) is 0 Å². The number of likely N-dealkylation sites (tertiary alicyclic amines) is 1. The van der Waals surface area contributed by atoms with E-state index in [9.17, 15) is 9.59 Å². The van der Waals surface area contributed by atoms with Crippen molar-refractivity contribution >= 4 is 11.7 Å². The molecule has 1 amide bonds. The Morgan fingerprint density at radius 2 is 2.05 bits per heavy atom. The van der Waals surface area contributed by atoms with Gasteiger partial charge in [0.2, 0.25) is 5.91 Å². The van der Waals surface area contributed by atoms with Gasteiger partial charge in [-0.2, -0.15) is 0 Å². The molecule has 9 heteroatoms. The van der Waals surface area contributed by atoms with Gasteiger partial charge in [0.25, 0.3) is 0 Å². The van der Waals surface area contributed by atoms with Gasteiger partial charge in [-0.1, -0.05) is 31.9 Å². The van der Waals surface area contributed by atoms with E-state index in [2.05, 4.69) is 58.5 Å². The molecule has 5 fully saturated rings. The summed E-state index contributed by atoms with van der Waals surface area (Å²) in [5, 5.41) is 16.7. The molecule has 230 valence electrons. The van der Waals surface area contributed by atoms with Gasteiger partial charge in [-0.3, -0.25) is 14.5 Å². The van der Waals surface area contributed by atoms with Crippen molar-refractivity contribution in [1.29, 1.82) is 0 Å². The van der Waals surface area contributed by atoms with E-state index < -0.39 is 0 Å². The third-order valence-corrected chi connectivity index (χ3v) is 13.1. The predicted octanol–water partition coefficient (Wildman–Crippen LogP) is 4.26. The predicted molar refractivity (Wildman–Crippen MR) is 158 cm³/mol. The molecule has 4 aliphatic carbocycles. The molecule has 1 aromatic heterocycles. The van der Waals surface area contributed by atoms with E-state index in [0.717, 1.165) is 63.5 Å². The third-order valence-electron chi connectivity index (χ3n) is 13.1. The Bertz CT molecular complexity index is 1230. The van der Waals surface area contributed by atoms with E-state index in [4.69, 9.17) is 4.74 Å². The number of carbonyl (C=O) groups excluding carboxylic acids is 2. The lowest BCUT2D eigenvalue weighted by molar-refractivity contribution is -0.130. The number of tetrazole rings is 1. The van der Waals surface area contributed by atoms with Crippen molar-refractivity contribution in [2.75, 3.05) is 19.6 Å². The molecule has 2 aliphatic heterocycles. The summed E-state index contributed by atoms with van der Waals surface area (Å²) in [7, 11) is 0. The van der Waals surface area contributed by atoms with E-state index in [1.54, 1.807) is 11.1 Å². The number of aromatic amines is 1. The van der Waals surface area contributed by atoms with E-state index in [1.807, 2.05) is 0 Å². The summed E-state index contributed by atoms with van der Waals surface area (Å²) in [4.78, 5) is 27.4. The second-order valence-corrected chi connectivity index (χ2v) is 15.3. The van der Waals surface area contributed by atoms with Crippen LogP contribution in [-0.2, 0) is 20.7 Å². The first-order valence-corrected chi connectivity index (χ1v) is 16.8. The first-order valence-electron chi connectivity index (χ1n) is 16.8. The number of ketones is 1. The van der Waals surface area contributed by atoms with Crippen LogP contribution in [-0.4, -0.2) is 74.6 Å². The minimum absolute atomic E-state index is 0.0547. The number of piperidine rings is 1. The number of H-pyrrole nitrogens is 1. The van der Waals surface area contributed by atoms with Crippen molar-refractivity contribution in [3.05, 3.63) is 17.0 Å². The fourth-order valence-electron chi connectivity index (χ4n) is 11.0. The van der Waals surface area contributed by atoms with Crippen LogP contribution in [0.1, 0.15) is 97.7 Å². The number of carbonyl (C=O) groups is 2. The number of amides is 1. The summed E-state index contributed by atoms with van der Waals surface area (Å²) in [5.41, 5.74) is 3.63. The molecule has 0 bridgehead atoms. The van der Waals surface area contributed by atoms with Gasteiger partial charge in [-0.15, -0.1) is 5.10 Å². The Kier molecular flexibility index (Phi) is 7.36. The van der Waals surface area contributed by atoms with Crippen LogP contribution in [0.2, 0.25) is 0 Å². The van der Waals surface area contributed by atoms with E-state index in [1.165, 1.54) is 25.7 Å². The van der Waals surface area contributed by atoms with E-state index >= 15 is 0 Å². The number of fused-ring (bicyclic) bond motifs is 6. The molecule has 2 N–H and O–H groups in total.